The van der Waals surface area contributed by atoms with Gasteiger partial charge in [0.05, 0.1) is 5.60 Å². The maximum Gasteiger partial charge on any atom is 0.0830 e. The Morgan fingerprint density at radius 1 is 1.38 bits per heavy atom. The van der Waals surface area contributed by atoms with Crippen LogP contribution in [0.25, 0.3) is 0 Å². The van der Waals surface area contributed by atoms with Gasteiger partial charge in [0.15, 0.2) is 0 Å². The normalized spacial score (nSPS) is 14.0. The lowest BCUT2D eigenvalue weighted by molar-refractivity contribution is -0.0633. The highest BCUT2D eigenvalue weighted by atomic mass is 32.1. The van der Waals surface area contributed by atoms with Crippen molar-refractivity contribution in [3.05, 3.63) is 22.4 Å². The zero-order valence-electron chi connectivity index (χ0n) is 10.5. The molecule has 16 heavy (non-hydrogen) atoms. The lowest BCUT2D eigenvalue weighted by atomic mass is 9.85. The number of ether oxygens (including phenoxy) is 1. The van der Waals surface area contributed by atoms with E-state index in [9.17, 15) is 0 Å². The fourth-order valence-corrected chi connectivity index (χ4v) is 2.90. The summed E-state index contributed by atoms with van der Waals surface area (Å²) in [7, 11) is 0. The summed E-state index contributed by atoms with van der Waals surface area (Å²) in [5.74, 6) is 0. The van der Waals surface area contributed by atoms with Crippen molar-refractivity contribution in [1.82, 2.24) is 0 Å². The molecule has 0 spiro atoms. The SMILES string of the molecule is CCOC(CC)(CC)C(N)Cc1ccsc1. The third-order valence-corrected chi connectivity index (χ3v) is 4.07. The van der Waals surface area contributed by atoms with Gasteiger partial charge in [-0.3, -0.25) is 0 Å². The van der Waals surface area contributed by atoms with E-state index in [-0.39, 0.29) is 11.6 Å². The molecule has 0 aromatic carbocycles. The van der Waals surface area contributed by atoms with Crippen molar-refractivity contribution in [2.24, 2.45) is 5.73 Å². The molecule has 1 rings (SSSR count). The molecule has 2 N–H and O–H groups in total. The van der Waals surface area contributed by atoms with Gasteiger partial charge in [0, 0.05) is 12.6 Å². The van der Waals surface area contributed by atoms with E-state index in [0.29, 0.717) is 0 Å². The van der Waals surface area contributed by atoms with Gasteiger partial charge >= 0.3 is 0 Å². The summed E-state index contributed by atoms with van der Waals surface area (Å²) in [6, 6.07) is 2.23. The van der Waals surface area contributed by atoms with Crippen LogP contribution >= 0.6 is 11.3 Å². The van der Waals surface area contributed by atoms with E-state index < -0.39 is 0 Å². The molecular weight excluding hydrogens is 218 g/mol. The van der Waals surface area contributed by atoms with Crippen molar-refractivity contribution in [1.29, 1.82) is 0 Å². The highest BCUT2D eigenvalue weighted by molar-refractivity contribution is 7.07. The van der Waals surface area contributed by atoms with Gasteiger partial charge in [0.2, 0.25) is 0 Å². The van der Waals surface area contributed by atoms with Crippen molar-refractivity contribution < 1.29 is 4.74 Å². The molecule has 1 aromatic rings. The highest BCUT2D eigenvalue weighted by Crippen LogP contribution is 2.26. The number of hydrogen-bond donors (Lipinski definition) is 1. The number of nitrogens with two attached hydrogens (primary N) is 1. The number of rotatable bonds is 7. The van der Waals surface area contributed by atoms with Crippen LogP contribution in [-0.2, 0) is 11.2 Å². The zero-order valence-corrected chi connectivity index (χ0v) is 11.3. The lowest BCUT2D eigenvalue weighted by Gasteiger charge is -2.37. The Labute approximate surface area is 103 Å². The Hall–Kier alpha value is -0.380. The molecule has 0 aliphatic heterocycles. The molecule has 1 unspecified atom stereocenters. The summed E-state index contributed by atoms with van der Waals surface area (Å²) in [4.78, 5) is 0. The van der Waals surface area contributed by atoms with E-state index in [1.54, 1.807) is 11.3 Å². The minimum Gasteiger partial charge on any atom is -0.374 e. The van der Waals surface area contributed by atoms with Crippen molar-refractivity contribution in [3.8, 4) is 0 Å². The third-order valence-electron chi connectivity index (χ3n) is 3.34. The minimum atomic E-state index is -0.156. The van der Waals surface area contributed by atoms with Crippen molar-refractivity contribution >= 4 is 11.3 Å². The lowest BCUT2D eigenvalue weighted by Crippen LogP contribution is -2.50. The van der Waals surface area contributed by atoms with Gasteiger partial charge in [-0.05, 0) is 48.6 Å². The molecule has 0 aliphatic rings. The fraction of sp³-hybridized carbons (Fsp3) is 0.692. The Balaban J connectivity index is 2.70. The summed E-state index contributed by atoms with van der Waals surface area (Å²) >= 11 is 1.72. The summed E-state index contributed by atoms with van der Waals surface area (Å²) in [6.07, 6.45) is 2.86. The van der Waals surface area contributed by atoms with Gasteiger partial charge in [-0.1, -0.05) is 13.8 Å². The van der Waals surface area contributed by atoms with E-state index in [2.05, 4.69) is 30.7 Å². The highest BCUT2D eigenvalue weighted by Gasteiger charge is 2.33. The summed E-state index contributed by atoms with van der Waals surface area (Å²) in [6.45, 7) is 7.09. The van der Waals surface area contributed by atoms with E-state index >= 15 is 0 Å². The van der Waals surface area contributed by atoms with E-state index in [0.717, 1.165) is 25.9 Å². The molecule has 1 aromatic heterocycles. The molecular formula is C13H23NOS. The van der Waals surface area contributed by atoms with Gasteiger partial charge in [-0.15, -0.1) is 0 Å². The van der Waals surface area contributed by atoms with E-state index in [1.165, 1.54) is 5.56 Å². The second kappa shape index (κ2) is 6.38. The van der Waals surface area contributed by atoms with Gasteiger partial charge in [-0.2, -0.15) is 11.3 Å². The smallest absolute Gasteiger partial charge is 0.0830 e. The summed E-state index contributed by atoms with van der Waals surface area (Å²) in [5.41, 5.74) is 7.50. The predicted molar refractivity (Wildman–Crippen MR) is 70.9 cm³/mol. The maximum atomic E-state index is 6.33. The Morgan fingerprint density at radius 3 is 2.50 bits per heavy atom. The van der Waals surface area contributed by atoms with E-state index in [4.69, 9.17) is 10.5 Å². The molecule has 1 heterocycles. The second-order valence-corrected chi connectivity index (χ2v) is 4.93. The molecule has 0 amide bonds. The Bertz CT molecular complexity index is 280. The molecule has 0 aliphatic carbocycles. The largest absolute Gasteiger partial charge is 0.374 e. The van der Waals surface area contributed by atoms with Crippen molar-refractivity contribution in [2.75, 3.05) is 6.61 Å². The quantitative estimate of drug-likeness (QED) is 0.795. The van der Waals surface area contributed by atoms with Crippen molar-refractivity contribution in [3.63, 3.8) is 0 Å². The Morgan fingerprint density at radius 2 is 2.06 bits per heavy atom. The molecule has 0 saturated heterocycles. The zero-order chi connectivity index (χ0) is 12.0. The van der Waals surface area contributed by atoms with Crippen LogP contribution in [0.1, 0.15) is 39.2 Å². The maximum absolute atomic E-state index is 6.33. The molecule has 1 atom stereocenters. The van der Waals surface area contributed by atoms with Crippen LogP contribution in [0.5, 0.6) is 0 Å². The van der Waals surface area contributed by atoms with Gasteiger partial charge in [-0.25, -0.2) is 0 Å². The van der Waals surface area contributed by atoms with Crippen LogP contribution in [0, 0.1) is 0 Å². The van der Waals surface area contributed by atoms with E-state index in [1.807, 2.05) is 6.92 Å². The monoisotopic (exact) mass is 241 g/mol. The van der Waals surface area contributed by atoms with Crippen LogP contribution in [0.3, 0.4) is 0 Å². The predicted octanol–water partition coefficient (Wildman–Crippen LogP) is 3.21. The molecule has 0 bridgehead atoms. The average Bonchev–Trinajstić information content (AvgIpc) is 2.78. The molecule has 2 nitrogen and oxygen atoms in total. The van der Waals surface area contributed by atoms with Crippen LogP contribution < -0.4 is 5.73 Å². The molecule has 0 saturated carbocycles. The van der Waals surface area contributed by atoms with Gasteiger partial charge in [0.25, 0.3) is 0 Å². The second-order valence-electron chi connectivity index (χ2n) is 4.15. The number of hydrogen-bond acceptors (Lipinski definition) is 3. The van der Waals surface area contributed by atoms with Crippen LogP contribution in [0.2, 0.25) is 0 Å². The first-order valence-electron chi connectivity index (χ1n) is 6.09. The van der Waals surface area contributed by atoms with Gasteiger partial charge < -0.3 is 10.5 Å². The minimum absolute atomic E-state index is 0.0806. The average molecular weight is 241 g/mol. The molecule has 3 heteroatoms. The van der Waals surface area contributed by atoms with Gasteiger partial charge in [0.1, 0.15) is 0 Å². The summed E-state index contributed by atoms with van der Waals surface area (Å²) in [5, 5.41) is 4.27. The first-order chi connectivity index (χ1) is 7.68. The Kier molecular flexibility index (Phi) is 5.46. The molecule has 0 radical (unpaired) electrons. The standard InChI is InChI=1S/C13H23NOS/c1-4-13(5-2,15-6-3)12(14)9-11-7-8-16-10-11/h7-8,10,12H,4-6,9,14H2,1-3H3. The molecule has 92 valence electrons. The van der Waals surface area contributed by atoms with Crippen LogP contribution in [-0.4, -0.2) is 18.2 Å². The topological polar surface area (TPSA) is 35.2 Å². The van der Waals surface area contributed by atoms with Crippen LogP contribution in [0.4, 0.5) is 0 Å². The van der Waals surface area contributed by atoms with Crippen LogP contribution in [0.15, 0.2) is 16.8 Å². The third kappa shape index (κ3) is 3.06. The first-order valence-corrected chi connectivity index (χ1v) is 7.03. The summed E-state index contributed by atoms with van der Waals surface area (Å²) < 4.78 is 5.92. The molecule has 0 fully saturated rings. The number of thiophene rings is 1. The first kappa shape index (κ1) is 13.7. The fourth-order valence-electron chi connectivity index (χ4n) is 2.22. The van der Waals surface area contributed by atoms with Crippen molar-refractivity contribution in [2.45, 2.75) is 51.7 Å².